The van der Waals surface area contributed by atoms with Crippen molar-refractivity contribution in [2.75, 3.05) is 27.2 Å². The fraction of sp³-hybridized carbons (Fsp3) is 0.737. The van der Waals surface area contributed by atoms with Gasteiger partial charge in [-0.15, -0.1) is 24.0 Å². The Kier molecular flexibility index (Phi) is 10.7. The third kappa shape index (κ3) is 8.49. The third-order valence-corrected chi connectivity index (χ3v) is 4.76. The number of halogens is 1. The highest BCUT2D eigenvalue weighted by Crippen LogP contribution is 2.17. The van der Waals surface area contributed by atoms with Crippen molar-refractivity contribution in [1.82, 2.24) is 25.3 Å². The van der Waals surface area contributed by atoms with Gasteiger partial charge >= 0.3 is 0 Å². The molecule has 1 aliphatic carbocycles. The van der Waals surface area contributed by atoms with Gasteiger partial charge in [0.05, 0.1) is 5.69 Å². The fourth-order valence-corrected chi connectivity index (χ4v) is 3.22. The van der Waals surface area contributed by atoms with E-state index in [4.69, 9.17) is 0 Å². The topological polar surface area (TPSA) is 74.6 Å². The molecule has 0 unspecified atom stereocenters. The van der Waals surface area contributed by atoms with Gasteiger partial charge in [-0.05, 0) is 39.2 Å². The van der Waals surface area contributed by atoms with E-state index < -0.39 is 0 Å². The molecule has 1 aromatic rings. The summed E-state index contributed by atoms with van der Waals surface area (Å²) in [6.07, 6.45) is 7.15. The standard InChI is InChI=1S/C19H34N6O.HI/c1-15-13-16(2)25(23-15)12-8-11-20-19(21-14-18(26)24(3)4)22-17-9-6-5-7-10-17;/h13,17H,5-12,14H2,1-4H3,(H2,20,21,22);1H. The summed E-state index contributed by atoms with van der Waals surface area (Å²) in [6, 6.07) is 2.55. The number of carbonyl (C=O) groups excluding carboxylic acids is 1. The van der Waals surface area contributed by atoms with Gasteiger partial charge in [-0.1, -0.05) is 19.3 Å². The van der Waals surface area contributed by atoms with E-state index in [1.54, 1.807) is 19.0 Å². The largest absolute Gasteiger partial charge is 0.356 e. The van der Waals surface area contributed by atoms with Crippen LogP contribution in [-0.2, 0) is 11.3 Å². The van der Waals surface area contributed by atoms with Crippen molar-refractivity contribution < 1.29 is 4.79 Å². The van der Waals surface area contributed by atoms with E-state index in [2.05, 4.69) is 33.7 Å². The molecule has 2 N–H and O–H groups in total. The third-order valence-electron chi connectivity index (χ3n) is 4.76. The second kappa shape index (κ2) is 12.2. The number of nitrogens with one attached hydrogen (secondary N) is 2. The zero-order valence-corrected chi connectivity index (χ0v) is 19.5. The van der Waals surface area contributed by atoms with Crippen LogP contribution >= 0.6 is 24.0 Å². The van der Waals surface area contributed by atoms with Crippen molar-refractivity contribution in [3.63, 3.8) is 0 Å². The fourth-order valence-electron chi connectivity index (χ4n) is 3.22. The highest BCUT2D eigenvalue weighted by molar-refractivity contribution is 14.0. The SMILES string of the molecule is Cc1cc(C)n(CCCNC(=NCC(=O)N(C)C)NC2CCCCC2)n1.I. The van der Waals surface area contributed by atoms with Crippen LogP contribution in [0.3, 0.4) is 0 Å². The summed E-state index contributed by atoms with van der Waals surface area (Å²) in [5, 5.41) is 11.4. The molecular weight excluding hydrogens is 455 g/mol. The summed E-state index contributed by atoms with van der Waals surface area (Å²) in [5.41, 5.74) is 2.24. The summed E-state index contributed by atoms with van der Waals surface area (Å²) >= 11 is 0. The minimum Gasteiger partial charge on any atom is -0.356 e. The second-order valence-electron chi connectivity index (χ2n) is 7.36. The number of aliphatic imine (C=N–C) groups is 1. The Morgan fingerprint density at radius 2 is 2.00 bits per heavy atom. The number of carbonyl (C=O) groups is 1. The maximum atomic E-state index is 11.8. The molecule has 1 aromatic heterocycles. The zero-order valence-electron chi connectivity index (χ0n) is 17.1. The molecule has 1 saturated carbocycles. The molecule has 2 rings (SSSR count). The van der Waals surface area contributed by atoms with Gasteiger partial charge in [0.15, 0.2) is 5.96 Å². The lowest BCUT2D eigenvalue weighted by atomic mass is 9.96. The van der Waals surface area contributed by atoms with Gasteiger partial charge in [0.25, 0.3) is 0 Å². The molecule has 1 fully saturated rings. The molecular formula is C19H35IN6O. The summed E-state index contributed by atoms with van der Waals surface area (Å²) in [4.78, 5) is 17.9. The Balaban J connectivity index is 0.00000364. The predicted molar refractivity (Wildman–Crippen MR) is 121 cm³/mol. The monoisotopic (exact) mass is 490 g/mol. The summed E-state index contributed by atoms with van der Waals surface area (Å²) in [7, 11) is 3.52. The van der Waals surface area contributed by atoms with Crippen molar-refractivity contribution in [3.8, 4) is 0 Å². The quantitative estimate of drug-likeness (QED) is 0.267. The van der Waals surface area contributed by atoms with Gasteiger partial charge in [-0.2, -0.15) is 5.10 Å². The first-order valence-corrected chi connectivity index (χ1v) is 9.72. The number of aryl methyl sites for hydroxylation is 3. The van der Waals surface area contributed by atoms with E-state index in [9.17, 15) is 4.79 Å². The van der Waals surface area contributed by atoms with E-state index >= 15 is 0 Å². The lowest BCUT2D eigenvalue weighted by Gasteiger charge is -2.25. The van der Waals surface area contributed by atoms with Crippen LogP contribution in [-0.4, -0.2) is 59.8 Å². The minimum absolute atomic E-state index is 0. The Labute approximate surface area is 180 Å². The van der Waals surface area contributed by atoms with Gasteiger partial charge in [0.2, 0.25) is 5.91 Å². The van der Waals surface area contributed by atoms with Crippen molar-refractivity contribution in [2.45, 2.75) is 65.0 Å². The molecule has 7 nitrogen and oxygen atoms in total. The van der Waals surface area contributed by atoms with Crippen LogP contribution < -0.4 is 10.6 Å². The first-order chi connectivity index (χ1) is 12.5. The maximum Gasteiger partial charge on any atom is 0.243 e. The van der Waals surface area contributed by atoms with Crippen molar-refractivity contribution in [2.24, 2.45) is 4.99 Å². The lowest BCUT2D eigenvalue weighted by Crippen LogP contribution is -2.45. The number of amides is 1. The Hall–Kier alpha value is -1.32. The van der Waals surface area contributed by atoms with Crippen LogP contribution in [0, 0.1) is 13.8 Å². The molecule has 0 aliphatic heterocycles. The first kappa shape index (κ1) is 23.7. The molecule has 1 amide bonds. The summed E-state index contributed by atoms with van der Waals surface area (Å²) in [6.45, 7) is 5.94. The maximum absolute atomic E-state index is 11.8. The average Bonchev–Trinajstić information content (AvgIpc) is 2.94. The Morgan fingerprint density at radius 3 is 2.59 bits per heavy atom. The first-order valence-electron chi connectivity index (χ1n) is 9.72. The summed E-state index contributed by atoms with van der Waals surface area (Å²) in [5.74, 6) is 0.762. The van der Waals surface area contributed by atoms with E-state index in [1.807, 2.05) is 11.6 Å². The highest BCUT2D eigenvalue weighted by Gasteiger charge is 2.15. The van der Waals surface area contributed by atoms with Crippen LogP contribution in [0.5, 0.6) is 0 Å². The molecule has 0 bridgehead atoms. The number of rotatable bonds is 7. The molecule has 27 heavy (non-hydrogen) atoms. The van der Waals surface area contributed by atoms with E-state index in [0.29, 0.717) is 6.04 Å². The molecule has 0 spiro atoms. The molecule has 0 aromatic carbocycles. The number of nitrogens with zero attached hydrogens (tertiary/aromatic N) is 4. The highest BCUT2D eigenvalue weighted by atomic mass is 127. The molecule has 154 valence electrons. The molecule has 1 aliphatic rings. The Morgan fingerprint density at radius 1 is 1.30 bits per heavy atom. The Bertz CT molecular complexity index is 607. The van der Waals surface area contributed by atoms with E-state index in [0.717, 1.165) is 31.2 Å². The molecule has 0 radical (unpaired) electrons. The van der Waals surface area contributed by atoms with E-state index in [1.165, 1.54) is 37.8 Å². The number of likely N-dealkylation sites (N-methyl/N-ethyl adjacent to an activating group) is 1. The van der Waals surface area contributed by atoms with Crippen LogP contribution in [0.2, 0.25) is 0 Å². The van der Waals surface area contributed by atoms with E-state index in [-0.39, 0.29) is 36.4 Å². The smallest absolute Gasteiger partial charge is 0.243 e. The molecule has 0 saturated heterocycles. The molecule has 8 heteroatoms. The minimum atomic E-state index is 0. The van der Waals surface area contributed by atoms with Gasteiger partial charge in [0.1, 0.15) is 6.54 Å². The average molecular weight is 490 g/mol. The molecule has 1 heterocycles. The lowest BCUT2D eigenvalue weighted by molar-refractivity contribution is -0.127. The number of guanidine groups is 1. The van der Waals surface area contributed by atoms with Crippen LogP contribution in [0.4, 0.5) is 0 Å². The van der Waals surface area contributed by atoms with Crippen LogP contribution in [0.15, 0.2) is 11.1 Å². The van der Waals surface area contributed by atoms with Crippen LogP contribution in [0.25, 0.3) is 0 Å². The normalized spacial score (nSPS) is 15.2. The van der Waals surface area contributed by atoms with Gasteiger partial charge in [-0.25, -0.2) is 4.99 Å². The van der Waals surface area contributed by atoms with Gasteiger partial charge in [0, 0.05) is 38.9 Å². The van der Waals surface area contributed by atoms with Crippen molar-refractivity contribution >= 4 is 35.8 Å². The van der Waals surface area contributed by atoms with Gasteiger partial charge in [-0.3, -0.25) is 9.48 Å². The predicted octanol–water partition coefficient (Wildman–Crippen LogP) is 2.46. The number of hydrogen-bond acceptors (Lipinski definition) is 3. The van der Waals surface area contributed by atoms with Crippen molar-refractivity contribution in [1.29, 1.82) is 0 Å². The zero-order chi connectivity index (χ0) is 18.9. The number of aromatic nitrogens is 2. The van der Waals surface area contributed by atoms with Gasteiger partial charge < -0.3 is 15.5 Å². The second-order valence-corrected chi connectivity index (χ2v) is 7.36. The summed E-state index contributed by atoms with van der Waals surface area (Å²) < 4.78 is 2.04. The number of hydrogen-bond donors (Lipinski definition) is 2. The van der Waals surface area contributed by atoms with Crippen molar-refractivity contribution in [3.05, 3.63) is 17.5 Å². The van der Waals surface area contributed by atoms with Crippen LogP contribution in [0.1, 0.15) is 49.9 Å². The molecule has 0 atom stereocenters.